The second-order valence-corrected chi connectivity index (χ2v) is 7.52. The zero-order valence-electron chi connectivity index (χ0n) is 17.0. The number of rotatable bonds is 3. The molecule has 6 heteroatoms. The van der Waals surface area contributed by atoms with E-state index in [1.165, 1.54) is 6.07 Å². The topological polar surface area (TPSA) is 35.0 Å². The normalized spacial score (nSPS) is 11.8. The lowest BCUT2D eigenvalue weighted by molar-refractivity contribution is -0.138. The largest absolute Gasteiger partial charge is 0.436 e. The molecule has 0 saturated heterocycles. The van der Waals surface area contributed by atoms with Gasteiger partial charge in [0.2, 0.25) is 5.88 Å². The van der Waals surface area contributed by atoms with E-state index in [1.54, 1.807) is 13.0 Å². The first-order valence-corrected chi connectivity index (χ1v) is 10.0. The maximum atomic E-state index is 13.6. The van der Waals surface area contributed by atoms with E-state index in [-0.39, 0.29) is 11.6 Å². The number of halogens is 3. The molecular formula is C26H17F3N2O. The first kappa shape index (κ1) is 20.0. The summed E-state index contributed by atoms with van der Waals surface area (Å²) < 4.78 is 46.7. The van der Waals surface area contributed by atoms with Gasteiger partial charge in [-0.3, -0.25) is 0 Å². The van der Waals surface area contributed by atoms with Gasteiger partial charge in [0.25, 0.3) is 0 Å². The minimum absolute atomic E-state index is 0.0326. The van der Waals surface area contributed by atoms with Crippen LogP contribution in [0.2, 0.25) is 0 Å². The van der Waals surface area contributed by atoms with Gasteiger partial charge in [-0.1, -0.05) is 66.7 Å². The van der Waals surface area contributed by atoms with Gasteiger partial charge in [-0.2, -0.15) is 13.2 Å². The molecule has 0 aliphatic rings. The minimum atomic E-state index is -4.55. The highest BCUT2D eigenvalue weighted by Crippen LogP contribution is 2.42. The maximum absolute atomic E-state index is 13.6. The summed E-state index contributed by atoms with van der Waals surface area (Å²) in [6.07, 6.45) is -4.55. The molecular weight excluding hydrogens is 413 g/mol. The van der Waals surface area contributed by atoms with Gasteiger partial charge in [0.1, 0.15) is 11.4 Å². The molecule has 0 N–H and O–H groups in total. The predicted octanol–water partition coefficient (Wildman–Crippen LogP) is 7.57. The fourth-order valence-electron chi connectivity index (χ4n) is 3.81. The smallest absolute Gasteiger partial charge is 0.419 e. The second-order valence-electron chi connectivity index (χ2n) is 7.52. The number of aryl methyl sites for hydroxylation is 1. The summed E-state index contributed by atoms with van der Waals surface area (Å²) in [6.45, 7) is 1.58. The minimum Gasteiger partial charge on any atom is -0.436 e. The van der Waals surface area contributed by atoms with Crippen LogP contribution in [-0.4, -0.2) is 10.2 Å². The summed E-state index contributed by atoms with van der Waals surface area (Å²) >= 11 is 0. The number of aromatic nitrogens is 2. The Morgan fingerprint density at radius 2 is 1.38 bits per heavy atom. The van der Waals surface area contributed by atoms with Crippen molar-refractivity contribution in [1.29, 1.82) is 0 Å². The van der Waals surface area contributed by atoms with E-state index >= 15 is 0 Å². The Kier molecular flexibility index (Phi) is 4.78. The average Bonchev–Trinajstić information content (AvgIpc) is 2.79. The van der Waals surface area contributed by atoms with Gasteiger partial charge in [-0.25, -0.2) is 0 Å². The van der Waals surface area contributed by atoms with E-state index in [2.05, 4.69) is 10.2 Å². The van der Waals surface area contributed by atoms with Crippen LogP contribution < -0.4 is 4.74 Å². The zero-order chi connectivity index (χ0) is 22.3. The SMILES string of the molecule is Cc1cccc(C(F)(F)F)c1Oc1nnc(-c2ccccc2)c2cc3ccccc3cc12. The van der Waals surface area contributed by atoms with E-state index in [1.807, 2.05) is 66.7 Å². The first-order chi connectivity index (χ1) is 15.4. The van der Waals surface area contributed by atoms with Crippen LogP contribution in [0.25, 0.3) is 32.8 Å². The van der Waals surface area contributed by atoms with Gasteiger partial charge in [-0.05, 0) is 41.5 Å². The average molecular weight is 430 g/mol. The highest BCUT2D eigenvalue weighted by atomic mass is 19.4. The Morgan fingerprint density at radius 1 is 0.719 bits per heavy atom. The Hall–Kier alpha value is -3.93. The van der Waals surface area contributed by atoms with Crippen LogP contribution in [0.5, 0.6) is 11.6 Å². The van der Waals surface area contributed by atoms with Crippen molar-refractivity contribution in [3.05, 3.63) is 96.1 Å². The lowest BCUT2D eigenvalue weighted by atomic mass is 10.0. The highest BCUT2D eigenvalue weighted by Gasteiger charge is 2.35. The van der Waals surface area contributed by atoms with Crippen molar-refractivity contribution in [1.82, 2.24) is 10.2 Å². The number of hydrogen-bond donors (Lipinski definition) is 0. The van der Waals surface area contributed by atoms with Crippen LogP contribution in [0, 0.1) is 6.92 Å². The molecule has 5 rings (SSSR count). The molecule has 0 spiro atoms. The molecule has 158 valence electrons. The van der Waals surface area contributed by atoms with Crippen molar-refractivity contribution in [2.24, 2.45) is 0 Å². The number of benzene rings is 4. The molecule has 0 radical (unpaired) electrons. The number of alkyl halides is 3. The van der Waals surface area contributed by atoms with E-state index in [0.29, 0.717) is 16.6 Å². The summed E-state index contributed by atoms with van der Waals surface area (Å²) in [6, 6.07) is 25.1. The highest BCUT2D eigenvalue weighted by molar-refractivity contribution is 6.05. The number of nitrogens with zero attached hydrogens (tertiary/aromatic N) is 2. The van der Waals surface area contributed by atoms with Gasteiger partial charge < -0.3 is 4.74 Å². The number of fused-ring (bicyclic) bond motifs is 2. The van der Waals surface area contributed by atoms with Gasteiger partial charge >= 0.3 is 6.18 Å². The van der Waals surface area contributed by atoms with E-state index in [4.69, 9.17) is 4.74 Å². The summed E-state index contributed by atoms with van der Waals surface area (Å²) in [5, 5.41) is 11.8. The van der Waals surface area contributed by atoms with Crippen LogP contribution in [0.15, 0.2) is 84.9 Å². The summed E-state index contributed by atoms with van der Waals surface area (Å²) in [4.78, 5) is 0. The van der Waals surface area contributed by atoms with E-state index < -0.39 is 11.7 Å². The molecule has 3 nitrogen and oxygen atoms in total. The van der Waals surface area contributed by atoms with Gasteiger partial charge in [-0.15, -0.1) is 10.2 Å². The molecule has 0 saturated carbocycles. The van der Waals surface area contributed by atoms with Gasteiger partial charge in [0.15, 0.2) is 0 Å². The summed E-state index contributed by atoms with van der Waals surface area (Å²) in [5.74, 6) is -0.235. The molecule has 32 heavy (non-hydrogen) atoms. The van der Waals surface area contributed by atoms with Crippen molar-refractivity contribution < 1.29 is 17.9 Å². The van der Waals surface area contributed by atoms with Crippen LogP contribution in [0.1, 0.15) is 11.1 Å². The number of ether oxygens (including phenoxy) is 1. The van der Waals surface area contributed by atoms with Crippen molar-refractivity contribution in [3.8, 4) is 22.9 Å². The number of hydrogen-bond acceptors (Lipinski definition) is 3. The molecule has 1 aromatic heterocycles. The molecule has 0 aliphatic carbocycles. The first-order valence-electron chi connectivity index (χ1n) is 10.0. The molecule has 0 aliphatic heterocycles. The zero-order valence-corrected chi connectivity index (χ0v) is 17.0. The van der Waals surface area contributed by atoms with Crippen LogP contribution in [-0.2, 0) is 6.18 Å². The van der Waals surface area contributed by atoms with Gasteiger partial charge in [0, 0.05) is 16.3 Å². The van der Waals surface area contributed by atoms with Crippen LogP contribution in [0.4, 0.5) is 13.2 Å². The van der Waals surface area contributed by atoms with Crippen LogP contribution in [0.3, 0.4) is 0 Å². The maximum Gasteiger partial charge on any atom is 0.419 e. The molecule has 0 atom stereocenters. The fourth-order valence-corrected chi connectivity index (χ4v) is 3.81. The molecule has 0 unspecified atom stereocenters. The lowest BCUT2D eigenvalue weighted by Crippen LogP contribution is -2.08. The molecule has 0 fully saturated rings. The quantitative estimate of drug-likeness (QED) is 0.277. The monoisotopic (exact) mass is 430 g/mol. The van der Waals surface area contributed by atoms with Crippen molar-refractivity contribution in [3.63, 3.8) is 0 Å². The van der Waals surface area contributed by atoms with Crippen LogP contribution >= 0.6 is 0 Å². The van der Waals surface area contributed by atoms with Crippen molar-refractivity contribution in [2.75, 3.05) is 0 Å². The second kappa shape index (κ2) is 7.64. The Bertz CT molecular complexity index is 1450. The lowest BCUT2D eigenvalue weighted by Gasteiger charge is -2.17. The number of para-hydroxylation sites is 1. The Morgan fingerprint density at radius 3 is 2.06 bits per heavy atom. The van der Waals surface area contributed by atoms with Crippen molar-refractivity contribution in [2.45, 2.75) is 13.1 Å². The fraction of sp³-hybridized carbons (Fsp3) is 0.0769. The molecule has 1 heterocycles. The molecule has 5 aromatic rings. The Balaban J connectivity index is 1.76. The predicted molar refractivity (Wildman–Crippen MR) is 119 cm³/mol. The van der Waals surface area contributed by atoms with E-state index in [9.17, 15) is 13.2 Å². The molecule has 0 amide bonds. The summed E-state index contributed by atoms with van der Waals surface area (Å²) in [5.41, 5.74) is 1.02. The molecule has 0 bridgehead atoms. The summed E-state index contributed by atoms with van der Waals surface area (Å²) in [7, 11) is 0. The standard InChI is InChI=1S/C26H17F3N2O/c1-16-8-7-13-22(26(27,28)29)24(16)32-25-21-15-19-12-6-5-11-18(19)14-20(21)23(30-31-25)17-9-3-2-4-10-17/h2-15H,1H3. The Labute approximate surface area is 182 Å². The van der Waals surface area contributed by atoms with E-state index in [0.717, 1.165) is 27.8 Å². The van der Waals surface area contributed by atoms with Crippen molar-refractivity contribution >= 4 is 21.5 Å². The van der Waals surface area contributed by atoms with Gasteiger partial charge in [0.05, 0.1) is 5.56 Å². The third kappa shape index (κ3) is 3.54. The molecule has 4 aromatic carbocycles. The third-order valence-electron chi connectivity index (χ3n) is 5.38. The third-order valence-corrected chi connectivity index (χ3v) is 5.38.